The van der Waals surface area contributed by atoms with Gasteiger partial charge in [0.2, 0.25) is 0 Å². The zero-order valence-corrected chi connectivity index (χ0v) is 15.3. The molecule has 0 atom stereocenters. The summed E-state index contributed by atoms with van der Waals surface area (Å²) in [5, 5.41) is 2.69. The Labute approximate surface area is 162 Å². The maximum Gasteiger partial charge on any atom is 0.338 e. The molecule has 0 aliphatic rings. The highest BCUT2D eigenvalue weighted by Gasteiger charge is 2.13. The predicted molar refractivity (Wildman–Crippen MR) is 105 cm³/mol. The maximum absolute atomic E-state index is 12.2. The molecule has 0 spiro atoms. The maximum atomic E-state index is 12.2. The lowest BCUT2D eigenvalue weighted by molar-refractivity contribution is -0.119. The summed E-state index contributed by atoms with van der Waals surface area (Å²) in [7, 11) is 1.51. The third-order valence-electron chi connectivity index (χ3n) is 3.77. The largest absolute Gasteiger partial charge is 0.497 e. The molecule has 0 saturated carbocycles. The van der Waals surface area contributed by atoms with Crippen molar-refractivity contribution in [3.05, 3.63) is 84.4 Å². The molecular weight excluding hydrogens is 358 g/mol. The molecule has 0 aliphatic heterocycles. The normalized spacial score (nSPS) is 10.0. The van der Waals surface area contributed by atoms with Gasteiger partial charge in [0, 0.05) is 0 Å². The Morgan fingerprint density at radius 3 is 2.36 bits per heavy atom. The van der Waals surface area contributed by atoms with Gasteiger partial charge in [0.15, 0.2) is 12.4 Å². The second-order valence-corrected chi connectivity index (χ2v) is 5.77. The minimum absolute atomic E-state index is 0.306. The number of benzene rings is 3. The number of carbonyl (C=O) groups excluding carboxylic acids is 2. The minimum Gasteiger partial charge on any atom is -0.497 e. The summed E-state index contributed by atoms with van der Waals surface area (Å²) in [6.07, 6.45) is 0. The number of hydrogen-bond acceptors (Lipinski definition) is 5. The van der Waals surface area contributed by atoms with E-state index in [1.54, 1.807) is 48.5 Å². The molecule has 3 rings (SSSR count). The minimum atomic E-state index is -0.608. The lowest BCUT2D eigenvalue weighted by atomic mass is 10.2. The monoisotopic (exact) mass is 377 g/mol. The van der Waals surface area contributed by atoms with Gasteiger partial charge in [-0.15, -0.1) is 0 Å². The Bertz CT molecular complexity index is 956. The molecule has 28 heavy (non-hydrogen) atoms. The molecule has 6 heteroatoms. The predicted octanol–water partition coefficient (Wildman–Crippen LogP) is 4.28. The van der Waals surface area contributed by atoms with Gasteiger partial charge in [0.05, 0.1) is 18.4 Å². The Morgan fingerprint density at radius 2 is 1.57 bits per heavy atom. The fourth-order valence-corrected chi connectivity index (χ4v) is 2.43. The fraction of sp³-hybridized carbons (Fsp3) is 0.0909. The van der Waals surface area contributed by atoms with E-state index in [2.05, 4.69) is 5.32 Å². The van der Waals surface area contributed by atoms with Gasteiger partial charge < -0.3 is 19.5 Å². The number of ether oxygens (including phenoxy) is 3. The fourth-order valence-electron chi connectivity index (χ4n) is 2.43. The highest BCUT2D eigenvalue weighted by Crippen LogP contribution is 2.29. The summed E-state index contributed by atoms with van der Waals surface area (Å²) in [4.78, 5) is 24.3. The second-order valence-electron chi connectivity index (χ2n) is 5.77. The molecule has 6 nitrogen and oxygen atoms in total. The zero-order chi connectivity index (χ0) is 19.8. The lowest BCUT2D eigenvalue weighted by Crippen LogP contribution is -2.21. The first-order chi connectivity index (χ1) is 13.7. The van der Waals surface area contributed by atoms with E-state index in [0.717, 1.165) is 0 Å². The van der Waals surface area contributed by atoms with E-state index >= 15 is 0 Å². The van der Waals surface area contributed by atoms with Crippen molar-refractivity contribution >= 4 is 17.6 Å². The number of amides is 1. The van der Waals surface area contributed by atoms with Gasteiger partial charge in [-0.25, -0.2) is 4.79 Å². The Hall–Kier alpha value is -3.80. The molecule has 0 saturated heterocycles. The number of rotatable bonds is 7. The van der Waals surface area contributed by atoms with Gasteiger partial charge in [-0.2, -0.15) is 0 Å². The summed E-state index contributed by atoms with van der Waals surface area (Å²) >= 11 is 0. The number of carbonyl (C=O) groups is 2. The van der Waals surface area contributed by atoms with Crippen molar-refractivity contribution in [2.24, 2.45) is 0 Å². The first-order valence-corrected chi connectivity index (χ1v) is 8.58. The highest BCUT2D eigenvalue weighted by atomic mass is 16.5. The van der Waals surface area contributed by atoms with Crippen molar-refractivity contribution in [2.75, 3.05) is 19.0 Å². The van der Waals surface area contributed by atoms with Crippen molar-refractivity contribution in [1.82, 2.24) is 0 Å². The number of hydrogen-bond donors (Lipinski definition) is 1. The Balaban J connectivity index is 1.60. The van der Waals surface area contributed by atoms with Gasteiger partial charge >= 0.3 is 5.97 Å². The summed E-state index contributed by atoms with van der Waals surface area (Å²) in [6.45, 7) is -0.421. The molecule has 0 aliphatic carbocycles. The molecule has 0 bridgehead atoms. The molecule has 0 fully saturated rings. The SMILES string of the molecule is COc1cccc(C(=O)OCC(=O)Nc2ccccc2Oc2ccccc2)c1. The summed E-state index contributed by atoms with van der Waals surface area (Å²) in [5.74, 6) is 0.587. The van der Waals surface area contributed by atoms with E-state index in [4.69, 9.17) is 14.2 Å². The average Bonchev–Trinajstić information content (AvgIpc) is 2.74. The highest BCUT2D eigenvalue weighted by molar-refractivity contribution is 5.96. The summed E-state index contributed by atoms with van der Waals surface area (Å²) in [6, 6.07) is 22.8. The topological polar surface area (TPSA) is 73.9 Å². The molecule has 1 amide bonds. The standard InChI is InChI=1S/C22H19NO5/c1-26-18-11-7-8-16(14-18)22(25)27-15-21(24)23-19-12-5-6-13-20(19)28-17-9-3-2-4-10-17/h2-14H,15H2,1H3,(H,23,24). The first kappa shape index (κ1) is 19.0. The van der Waals surface area contributed by atoms with Crippen LogP contribution in [0.1, 0.15) is 10.4 Å². The van der Waals surface area contributed by atoms with Crippen LogP contribution >= 0.6 is 0 Å². The summed E-state index contributed by atoms with van der Waals surface area (Å²) in [5.41, 5.74) is 0.786. The van der Waals surface area contributed by atoms with Gasteiger partial charge in [0.25, 0.3) is 5.91 Å². The van der Waals surface area contributed by atoms with Crippen LogP contribution in [-0.4, -0.2) is 25.6 Å². The number of esters is 1. The summed E-state index contributed by atoms with van der Waals surface area (Å²) < 4.78 is 15.9. The molecule has 0 aromatic heterocycles. The first-order valence-electron chi connectivity index (χ1n) is 8.58. The molecule has 1 N–H and O–H groups in total. The molecule has 142 valence electrons. The van der Waals surface area contributed by atoms with Gasteiger partial charge in [-0.05, 0) is 42.5 Å². The van der Waals surface area contributed by atoms with Crippen LogP contribution in [0.4, 0.5) is 5.69 Å². The van der Waals surface area contributed by atoms with E-state index in [1.165, 1.54) is 7.11 Å². The number of para-hydroxylation sites is 3. The van der Waals surface area contributed by atoms with Crippen molar-refractivity contribution in [2.45, 2.75) is 0 Å². The zero-order valence-electron chi connectivity index (χ0n) is 15.3. The Kier molecular flexibility index (Phi) is 6.25. The van der Waals surface area contributed by atoms with Crippen LogP contribution in [0.15, 0.2) is 78.9 Å². The van der Waals surface area contributed by atoms with E-state index in [9.17, 15) is 9.59 Å². The number of nitrogens with one attached hydrogen (secondary N) is 1. The van der Waals surface area contributed by atoms with Crippen LogP contribution in [-0.2, 0) is 9.53 Å². The smallest absolute Gasteiger partial charge is 0.338 e. The van der Waals surface area contributed by atoms with Crippen LogP contribution in [0.3, 0.4) is 0 Å². The molecular formula is C22H19NO5. The average molecular weight is 377 g/mol. The van der Waals surface area contributed by atoms with Crippen molar-refractivity contribution < 1.29 is 23.8 Å². The molecule has 3 aromatic carbocycles. The van der Waals surface area contributed by atoms with Crippen molar-refractivity contribution in [3.63, 3.8) is 0 Å². The van der Waals surface area contributed by atoms with E-state index in [0.29, 0.717) is 28.5 Å². The van der Waals surface area contributed by atoms with Crippen molar-refractivity contribution in [3.8, 4) is 17.2 Å². The third-order valence-corrected chi connectivity index (χ3v) is 3.77. The van der Waals surface area contributed by atoms with Crippen LogP contribution in [0.25, 0.3) is 0 Å². The molecule has 0 radical (unpaired) electrons. The van der Waals surface area contributed by atoms with Crippen LogP contribution < -0.4 is 14.8 Å². The lowest BCUT2D eigenvalue weighted by Gasteiger charge is -2.12. The van der Waals surface area contributed by atoms with E-state index < -0.39 is 18.5 Å². The van der Waals surface area contributed by atoms with Gasteiger partial charge in [-0.3, -0.25) is 4.79 Å². The third kappa shape index (κ3) is 5.11. The van der Waals surface area contributed by atoms with Crippen LogP contribution in [0, 0.1) is 0 Å². The number of anilines is 1. The molecule has 0 heterocycles. The molecule has 3 aromatic rings. The second kappa shape index (κ2) is 9.23. The van der Waals surface area contributed by atoms with Crippen LogP contribution in [0.2, 0.25) is 0 Å². The number of methoxy groups -OCH3 is 1. The molecule has 0 unspecified atom stereocenters. The van der Waals surface area contributed by atoms with Crippen molar-refractivity contribution in [1.29, 1.82) is 0 Å². The van der Waals surface area contributed by atoms with E-state index in [-0.39, 0.29) is 0 Å². The van der Waals surface area contributed by atoms with Gasteiger partial charge in [0.1, 0.15) is 11.5 Å². The Morgan fingerprint density at radius 1 is 0.857 bits per heavy atom. The van der Waals surface area contributed by atoms with E-state index in [1.807, 2.05) is 30.3 Å². The van der Waals surface area contributed by atoms with Crippen LogP contribution in [0.5, 0.6) is 17.2 Å². The quantitative estimate of drug-likeness (QED) is 0.622. The van der Waals surface area contributed by atoms with Gasteiger partial charge in [-0.1, -0.05) is 36.4 Å².